The molecule has 3 nitrogen and oxygen atoms in total. The minimum Gasteiger partial charge on any atom is -0.461 e. The number of ether oxygens (including phenoxy) is 1. The van der Waals surface area contributed by atoms with Gasteiger partial charge in [0.05, 0.1) is 6.42 Å². The first-order chi connectivity index (χ1) is 11.9. The van der Waals surface area contributed by atoms with Crippen LogP contribution in [0.3, 0.4) is 0 Å². The van der Waals surface area contributed by atoms with Crippen molar-refractivity contribution in [2.45, 2.75) is 73.6 Å². The van der Waals surface area contributed by atoms with Crippen molar-refractivity contribution in [3.05, 3.63) is 34.9 Å². The van der Waals surface area contributed by atoms with E-state index < -0.39 is 0 Å². The summed E-state index contributed by atoms with van der Waals surface area (Å²) in [6.45, 7) is 15.9. The maximum Gasteiger partial charge on any atom is 0.307 e. The molecule has 0 saturated carbocycles. The van der Waals surface area contributed by atoms with Crippen molar-refractivity contribution in [3.8, 4) is 0 Å². The van der Waals surface area contributed by atoms with Crippen molar-refractivity contribution in [2.75, 3.05) is 26.2 Å². The topological polar surface area (TPSA) is 29.5 Å². The second kappa shape index (κ2) is 14.9. The van der Waals surface area contributed by atoms with E-state index in [1.165, 1.54) is 16.7 Å². The molecule has 0 N–H and O–H groups in total. The highest BCUT2D eigenvalue weighted by atomic mass is 16.5. The van der Waals surface area contributed by atoms with Crippen molar-refractivity contribution < 1.29 is 9.53 Å². The van der Waals surface area contributed by atoms with Gasteiger partial charge in [-0.3, -0.25) is 4.79 Å². The second-order valence-corrected chi connectivity index (χ2v) is 6.92. The molecule has 0 heterocycles. The van der Waals surface area contributed by atoms with Crippen LogP contribution in [-0.4, -0.2) is 37.1 Å². The average molecular weight is 350 g/mol. The molecule has 0 spiro atoms. The molecule has 0 rings (SSSR count). The summed E-state index contributed by atoms with van der Waals surface area (Å²) in [5, 5.41) is 0. The van der Waals surface area contributed by atoms with Gasteiger partial charge in [-0.25, -0.2) is 0 Å². The fraction of sp³-hybridized carbons (Fsp3) is 0.682. The lowest BCUT2D eigenvalue weighted by Gasteiger charge is -2.16. The van der Waals surface area contributed by atoms with E-state index in [-0.39, 0.29) is 5.97 Å². The summed E-state index contributed by atoms with van der Waals surface area (Å²) in [5.74, 6) is -0.106. The summed E-state index contributed by atoms with van der Waals surface area (Å²) in [4.78, 5) is 14.0. The molecule has 0 amide bonds. The van der Waals surface area contributed by atoms with Crippen LogP contribution in [0.25, 0.3) is 0 Å². The minimum atomic E-state index is -0.106. The van der Waals surface area contributed by atoms with E-state index in [1.807, 2.05) is 6.08 Å². The zero-order valence-electron chi connectivity index (χ0n) is 17.4. The van der Waals surface area contributed by atoms with E-state index >= 15 is 0 Å². The van der Waals surface area contributed by atoms with Gasteiger partial charge < -0.3 is 9.64 Å². The Labute approximate surface area is 155 Å². The lowest BCUT2D eigenvalue weighted by atomic mass is 10.1. The summed E-state index contributed by atoms with van der Waals surface area (Å²) >= 11 is 0. The second-order valence-electron chi connectivity index (χ2n) is 6.92. The lowest BCUT2D eigenvalue weighted by molar-refractivity contribution is -0.142. The first-order valence-corrected chi connectivity index (χ1v) is 9.71. The smallest absolute Gasteiger partial charge is 0.307 e. The van der Waals surface area contributed by atoms with E-state index in [4.69, 9.17) is 4.74 Å². The molecular formula is C22H39NO2. The monoisotopic (exact) mass is 349 g/mol. The third kappa shape index (κ3) is 14.7. The summed E-state index contributed by atoms with van der Waals surface area (Å²) < 4.78 is 5.29. The molecule has 0 aliphatic carbocycles. The largest absolute Gasteiger partial charge is 0.461 e. The Morgan fingerprint density at radius 1 is 0.840 bits per heavy atom. The Hall–Kier alpha value is -1.35. The summed E-state index contributed by atoms with van der Waals surface area (Å²) in [5.41, 5.74) is 4.12. The highest BCUT2D eigenvalue weighted by Crippen LogP contribution is 2.11. The maximum absolute atomic E-state index is 11.7. The summed E-state index contributed by atoms with van der Waals surface area (Å²) in [6.07, 6.45) is 11.5. The van der Waals surface area contributed by atoms with Crippen LogP contribution < -0.4 is 0 Å². The predicted molar refractivity (Wildman–Crippen MR) is 109 cm³/mol. The zero-order valence-corrected chi connectivity index (χ0v) is 17.4. The predicted octanol–water partition coefficient (Wildman–Crippen LogP) is 5.68. The molecule has 0 fully saturated rings. The molecule has 0 aromatic heterocycles. The van der Waals surface area contributed by atoms with E-state index in [1.54, 1.807) is 0 Å². The van der Waals surface area contributed by atoms with Gasteiger partial charge in [0.1, 0.15) is 6.61 Å². The van der Waals surface area contributed by atoms with Gasteiger partial charge in [-0.15, -0.1) is 0 Å². The first-order valence-electron chi connectivity index (χ1n) is 9.71. The molecule has 0 aromatic carbocycles. The van der Waals surface area contributed by atoms with Gasteiger partial charge in [-0.1, -0.05) is 42.7 Å². The van der Waals surface area contributed by atoms with Crippen LogP contribution in [0.5, 0.6) is 0 Å². The Morgan fingerprint density at radius 2 is 1.40 bits per heavy atom. The molecular weight excluding hydrogens is 310 g/mol. The molecule has 0 atom stereocenters. The minimum absolute atomic E-state index is 0.106. The number of nitrogens with zero attached hydrogens (tertiary/aromatic N) is 1. The molecule has 0 aliphatic heterocycles. The van der Waals surface area contributed by atoms with E-state index in [0.29, 0.717) is 13.0 Å². The Bertz CT molecular complexity index is 453. The highest BCUT2D eigenvalue weighted by molar-refractivity contribution is 5.69. The molecule has 144 valence electrons. The van der Waals surface area contributed by atoms with E-state index in [2.05, 4.69) is 58.6 Å². The van der Waals surface area contributed by atoms with Crippen LogP contribution in [0.2, 0.25) is 0 Å². The molecule has 3 heteroatoms. The molecule has 0 bridgehead atoms. The van der Waals surface area contributed by atoms with Crippen molar-refractivity contribution in [3.63, 3.8) is 0 Å². The van der Waals surface area contributed by atoms with Crippen molar-refractivity contribution in [1.82, 2.24) is 4.90 Å². The van der Waals surface area contributed by atoms with Crippen LogP contribution >= 0.6 is 0 Å². The Balaban J connectivity index is 3.94. The Morgan fingerprint density at radius 3 is 1.96 bits per heavy atom. The first kappa shape index (κ1) is 23.6. The van der Waals surface area contributed by atoms with Crippen molar-refractivity contribution in [1.29, 1.82) is 0 Å². The third-order valence-corrected chi connectivity index (χ3v) is 4.33. The average Bonchev–Trinajstić information content (AvgIpc) is 2.55. The lowest BCUT2D eigenvalue weighted by Crippen LogP contribution is -2.26. The quantitative estimate of drug-likeness (QED) is 0.316. The Kier molecular flexibility index (Phi) is 14.1. The van der Waals surface area contributed by atoms with Crippen molar-refractivity contribution >= 4 is 5.97 Å². The van der Waals surface area contributed by atoms with Crippen LogP contribution in [-0.2, 0) is 9.53 Å². The number of carbonyl (C=O) groups is 1. The third-order valence-electron chi connectivity index (χ3n) is 4.33. The van der Waals surface area contributed by atoms with Crippen LogP contribution in [0, 0.1) is 0 Å². The van der Waals surface area contributed by atoms with E-state index in [9.17, 15) is 4.79 Å². The van der Waals surface area contributed by atoms with Gasteiger partial charge in [-0.2, -0.15) is 0 Å². The molecule has 0 aromatic rings. The standard InChI is InChI=1S/C22H39NO2/c1-7-23(8-2)17-15-22(24)25-18-16-21(6)14-10-13-20(5)12-9-11-19(3)4/h11,13,16H,7-10,12,14-15,17-18H2,1-6H3/b20-13-,21-16+. The normalized spacial score (nSPS) is 12.4. The van der Waals surface area contributed by atoms with Gasteiger partial charge in [0.2, 0.25) is 0 Å². The SMILES string of the molecule is CCN(CC)CCC(=O)OC/C=C(\C)CC/C=C(/C)CCC=C(C)C. The van der Waals surface area contributed by atoms with Crippen LogP contribution in [0.4, 0.5) is 0 Å². The zero-order chi connectivity index (χ0) is 19.1. The van der Waals surface area contributed by atoms with Crippen LogP contribution in [0.15, 0.2) is 34.9 Å². The summed E-state index contributed by atoms with van der Waals surface area (Å²) in [7, 11) is 0. The van der Waals surface area contributed by atoms with Gasteiger partial charge in [0.25, 0.3) is 0 Å². The molecule has 0 saturated heterocycles. The van der Waals surface area contributed by atoms with Gasteiger partial charge >= 0.3 is 5.97 Å². The number of hydrogen-bond donors (Lipinski definition) is 0. The number of hydrogen-bond acceptors (Lipinski definition) is 3. The molecule has 0 aliphatic rings. The van der Waals surface area contributed by atoms with Gasteiger partial charge in [0, 0.05) is 6.54 Å². The molecule has 25 heavy (non-hydrogen) atoms. The number of rotatable bonds is 13. The maximum atomic E-state index is 11.7. The highest BCUT2D eigenvalue weighted by Gasteiger charge is 2.05. The van der Waals surface area contributed by atoms with Gasteiger partial charge in [-0.05, 0) is 72.5 Å². The fourth-order valence-electron chi connectivity index (χ4n) is 2.48. The molecule has 0 unspecified atom stereocenters. The van der Waals surface area contributed by atoms with Gasteiger partial charge in [0.15, 0.2) is 0 Å². The summed E-state index contributed by atoms with van der Waals surface area (Å²) in [6, 6.07) is 0. The molecule has 0 radical (unpaired) electrons. The fourth-order valence-corrected chi connectivity index (χ4v) is 2.48. The van der Waals surface area contributed by atoms with Crippen LogP contribution in [0.1, 0.15) is 73.6 Å². The number of carbonyl (C=O) groups excluding carboxylic acids is 1. The van der Waals surface area contributed by atoms with Crippen molar-refractivity contribution in [2.24, 2.45) is 0 Å². The number of esters is 1. The number of allylic oxidation sites excluding steroid dienone is 5. The van der Waals surface area contributed by atoms with E-state index in [0.717, 1.165) is 45.3 Å².